The van der Waals surface area contributed by atoms with Gasteiger partial charge in [-0.05, 0) is 18.9 Å². The van der Waals surface area contributed by atoms with Crippen molar-refractivity contribution in [3.63, 3.8) is 0 Å². The number of unbranched alkanes of at least 4 members (excludes halogenated alkanes) is 1. The lowest BCUT2D eigenvalue weighted by atomic mass is 10.2. The predicted molar refractivity (Wildman–Crippen MR) is 93.6 cm³/mol. The molecule has 0 bridgehead atoms. The third kappa shape index (κ3) is 7.14. The second-order valence-electron chi connectivity index (χ2n) is 5.50. The van der Waals surface area contributed by atoms with Gasteiger partial charge in [0.25, 0.3) is 0 Å². The van der Waals surface area contributed by atoms with Gasteiger partial charge in [-0.3, -0.25) is 14.2 Å². The van der Waals surface area contributed by atoms with Gasteiger partial charge in [0.1, 0.15) is 12.5 Å². The first kappa shape index (κ1) is 20.8. The number of aliphatic hydroxyl groups excluding tert-OH is 1. The minimum atomic E-state index is -3.11. The van der Waals surface area contributed by atoms with Gasteiger partial charge in [-0.1, -0.05) is 43.7 Å². The van der Waals surface area contributed by atoms with Crippen LogP contribution < -0.4 is 0 Å². The van der Waals surface area contributed by atoms with Gasteiger partial charge >= 0.3 is 0 Å². The summed E-state index contributed by atoms with van der Waals surface area (Å²) in [7, 11) is -3.11. The smallest absolute Gasteiger partial charge is 0.233 e. The van der Waals surface area contributed by atoms with E-state index in [0.29, 0.717) is 19.2 Å². The molecule has 0 radical (unpaired) electrons. The lowest BCUT2D eigenvalue weighted by Crippen LogP contribution is -2.27. The van der Waals surface area contributed by atoms with Crippen molar-refractivity contribution in [1.29, 1.82) is 0 Å². The van der Waals surface area contributed by atoms with Crippen molar-refractivity contribution in [2.45, 2.75) is 45.6 Å². The molecule has 1 aromatic rings. The van der Waals surface area contributed by atoms with E-state index in [4.69, 9.17) is 9.36 Å². The number of amides is 1. The van der Waals surface area contributed by atoms with Crippen LogP contribution in [-0.4, -0.2) is 41.7 Å². The molecule has 0 aliphatic heterocycles. The summed E-state index contributed by atoms with van der Waals surface area (Å²) in [5.74, 6) is -1.09. The van der Waals surface area contributed by atoms with Crippen LogP contribution in [0.5, 0.6) is 0 Å². The fourth-order valence-corrected chi connectivity index (χ4v) is 4.52. The molecular weight excluding hydrogens is 329 g/mol. The van der Waals surface area contributed by atoms with E-state index in [1.807, 2.05) is 37.3 Å². The average Bonchev–Trinajstić information content (AvgIpc) is 2.61. The van der Waals surface area contributed by atoms with Crippen LogP contribution >= 0.6 is 7.37 Å². The quantitative estimate of drug-likeness (QED) is 0.333. The standard InChI is InChI=1S/C17H28NO5P/c1-3-5-13-24(21,23-4-2)17(20)11-12-18(15-19)22-14-16-9-7-6-8-10-16/h6-10,15,17,20H,3-5,11-14H2,1-2H3. The zero-order valence-corrected chi connectivity index (χ0v) is 15.4. The van der Waals surface area contributed by atoms with Crippen LogP contribution in [0.3, 0.4) is 0 Å². The van der Waals surface area contributed by atoms with Gasteiger partial charge in [0.15, 0.2) is 0 Å². The highest BCUT2D eigenvalue weighted by molar-refractivity contribution is 7.59. The summed E-state index contributed by atoms with van der Waals surface area (Å²) in [5.41, 5.74) is 0.938. The summed E-state index contributed by atoms with van der Waals surface area (Å²) in [4.78, 5) is 16.5. The normalized spacial score (nSPS) is 14.8. The first-order valence-corrected chi connectivity index (χ1v) is 10.2. The molecule has 6 nitrogen and oxygen atoms in total. The van der Waals surface area contributed by atoms with Crippen molar-refractivity contribution in [1.82, 2.24) is 5.06 Å². The van der Waals surface area contributed by atoms with E-state index in [1.54, 1.807) is 6.92 Å². The Labute approximate surface area is 144 Å². The molecule has 0 aliphatic carbocycles. The Balaban J connectivity index is 2.50. The molecule has 2 atom stereocenters. The van der Waals surface area contributed by atoms with Crippen LogP contribution in [0.4, 0.5) is 0 Å². The Kier molecular flexibility index (Phi) is 9.88. The van der Waals surface area contributed by atoms with Crippen LogP contribution in [0.2, 0.25) is 0 Å². The molecule has 0 saturated heterocycles. The van der Waals surface area contributed by atoms with E-state index in [1.165, 1.54) is 0 Å². The zero-order valence-electron chi connectivity index (χ0n) is 14.5. The van der Waals surface area contributed by atoms with E-state index in [9.17, 15) is 14.5 Å². The maximum atomic E-state index is 12.7. The minimum Gasteiger partial charge on any atom is -0.383 e. The van der Waals surface area contributed by atoms with Crippen LogP contribution in [0.1, 0.15) is 38.7 Å². The highest BCUT2D eigenvalue weighted by atomic mass is 31.2. The van der Waals surface area contributed by atoms with Gasteiger partial charge in [0.05, 0.1) is 13.2 Å². The zero-order chi connectivity index (χ0) is 17.8. The van der Waals surface area contributed by atoms with Gasteiger partial charge in [-0.25, -0.2) is 5.06 Å². The number of hydroxylamine groups is 2. The van der Waals surface area contributed by atoms with Gasteiger partial charge < -0.3 is 9.63 Å². The average molecular weight is 357 g/mol. The third-order valence-electron chi connectivity index (χ3n) is 3.59. The number of benzene rings is 1. The van der Waals surface area contributed by atoms with E-state index in [0.717, 1.165) is 23.5 Å². The van der Waals surface area contributed by atoms with Crippen LogP contribution in [0.25, 0.3) is 0 Å². The molecule has 0 spiro atoms. The molecule has 136 valence electrons. The molecule has 1 aromatic carbocycles. The van der Waals surface area contributed by atoms with Crippen LogP contribution in [-0.2, 0) is 25.3 Å². The molecule has 0 aromatic heterocycles. The molecule has 0 heterocycles. The SMILES string of the molecule is CCCCP(=O)(OCC)C(O)CCN(C=O)OCc1ccccc1. The Morgan fingerprint density at radius 3 is 2.58 bits per heavy atom. The fraction of sp³-hybridized carbons (Fsp3) is 0.588. The summed E-state index contributed by atoms with van der Waals surface area (Å²) in [5, 5.41) is 11.4. The molecule has 24 heavy (non-hydrogen) atoms. The number of aliphatic hydroxyl groups is 1. The lowest BCUT2D eigenvalue weighted by Gasteiger charge is -2.25. The summed E-state index contributed by atoms with van der Waals surface area (Å²) in [6.07, 6.45) is 2.67. The largest absolute Gasteiger partial charge is 0.383 e. The number of carbonyl (C=O) groups excluding carboxylic acids is 1. The maximum Gasteiger partial charge on any atom is 0.233 e. The maximum absolute atomic E-state index is 12.7. The fourth-order valence-electron chi connectivity index (χ4n) is 2.22. The Morgan fingerprint density at radius 1 is 1.29 bits per heavy atom. The van der Waals surface area contributed by atoms with E-state index >= 15 is 0 Å². The molecule has 0 fully saturated rings. The van der Waals surface area contributed by atoms with E-state index < -0.39 is 13.2 Å². The topological polar surface area (TPSA) is 76.1 Å². The molecular formula is C17H28NO5P. The number of rotatable bonds is 13. The van der Waals surface area contributed by atoms with Crippen molar-refractivity contribution in [2.75, 3.05) is 19.3 Å². The lowest BCUT2D eigenvalue weighted by molar-refractivity contribution is -0.178. The van der Waals surface area contributed by atoms with Crippen molar-refractivity contribution in [2.24, 2.45) is 0 Å². The Bertz CT molecular complexity index is 511. The summed E-state index contributed by atoms with van der Waals surface area (Å²) < 4.78 is 18.1. The molecule has 0 saturated carbocycles. The number of hydrogen-bond acceptors (Lipinski definition) is 5. The third-order valence-corrected chi connectivity index (χ3v) is 6.39. The molecule has 7 heteroatoms. The van der Waals surface area contributed by atoms with E-state index in [-0.39, 0.29) is 19.6 Å². The molecule has 1 amide bonds. The van der Waals surface area contributed by atoms with E-state index in [2.05, 4.69) is 0 Å². The number of hydrogen-bond donors (Lipinski definition) is 1. The first-order chi connectivity index (χ1) is 11.6. The predicted octanol–water partition coefficient (Wildman–Crippen LogP) is 3.40. The molecule has 1 rings (SSSR count). The minimum absolute atomic E-state index is 0.147. The van der Waals surface area contributed by atoms with Gasteiger partial charge in [0, 0.05) is 12.6 Å². The molecule has 0 aliphatic rings. The highest BCUT2D eigenvalue weighted by Crippen LogP contribution is 2.52. The van der Waals surface area contributed by atoms with Crippen LogP contribution in [0.15, 0.2) is 30.3 Å². The Morgan fingerprint density at radius 2 is 2.00 bits per heavy atom. The Hall–Kier alpha value is -1.20. The van der Waals surface area contributed by atoms with Gasteiger partial charge in [-0.2, -0.15) is 0 Å². The van der Waals surface area contributed by atoms with Crippen molar-refractivity contribution in [3.8, 4) is 0 Å². The van der Waals surface area contributed by atoms with Gasteiger partial charge in [0.2, 0.25) is 13.8 Å². The highest BCUT2D eigenvalue weighted by Gasteiger charge is 2.32. The summed E-state index contributed by atoms with van der Waals surface area (Å²) in [6, 6.07) is 9.47. The first-order valence-electron chi connectivity index (χ1n) is 8.35. The second-order valence-corrected chi connectivity index (χ2v) is 8.25. The second kappa shape index (κ2) is 11.4. The van der Waals surface area contributed by atoms with Crippen LogP contribution in [0, 0.1) is 0 Å². The van der Waals surface area contributed by atoms with Crippen molar-refractivity contribution >= 4 is 13.8 Å². The van der Waals surface area contributed by atoms with Crippen molar-refractivity contribution < 1.29 is 23.8 Å². The molecule has 1 N–H and O–H groups in total. The van der Waals surface area contributed by atoms with Crippen molar-refractivity contribution in [3.05, 3.63) is 35.9 Å². The van der Waals surface area contributed by atoms with Gasteiger partial charge in [-0.15, -0.1) is 0 Å². The number of nitrogens with zero attached hydrogens (tertiary/aromatic N) is 1. The monoisotopic (exact) mass is 357 g/mol. The summed E-state index contributed by atoms with van der Waals surface area (Å²) in [6.45, 7) is 4.45. The molecule has 2 unspecified atom stereocenters. The summed E-state index contributed by atoms with van der Waals surface area (Å²) >= 11 is 0. The number of carbonyl (C=O) groups is 1.